The van der Waals surface area contributed by atoms with Crippen LogP contribution >= 0.6 is 0 Å². The van der Waals surface area contributed by atoms with Crippen molar-refractivity contribution in [2.75, 3.05) is 26.7 Å². The summed E-state index contributed by atoms with van der Waals surface area (Å²) in [4.78, 5) is 2.43. The summed E-state index contributed by atoms with van der Waals surface area (Å²) < 4.78 is 5.79. The van der Waals surface area contributed by atoms with Crippen LogP contribution in [0.1, 0.15) is 32.6 Å². The van der Waals surface area contributed by atoms with Gasteiger partial charge in [-0.15, -0.1) is 0 Å². The van der Waals surface area contributed by atoms with E-state index in [9.17, 15) is 0 Å². The quantitative estimate of drug-likeness (QED) is 0.568. The van der Waals surface area contributed by atoms with E-state index >= 15 is 0 Å². The number of rotatable bonds is 0. The van der Waals surface area contributed by atoms with E-state index in [4.69, 9.17) is 4.74 Å². The highest BCUT2D eigenvalue weighted by molar-refractivity contribution is 4.88. The minimum atomic E-state index is 0.505. The van der Waals surface area contributed by atoms with Gasteiger partial charge < -0.3 is 9.64 Å². The lowest BCUT2D eigenvalue weighted by Gasteiger charge is -2.44. The molecule has 0 aromatic carbocycles. The molecule has 1 atom stereocenters. The Labute approximate surface area is 81.3 Å². The molecule has 1 unspecified atom stereocenters. The molecule has 2 heterocycles. The normalized spacial score (nSPS) is 35.1. The van der Waals surface area contributed by atoms with Crippen molar-refractivity contribution in [1.29, 1.82) is 0 Å². The Hall–Kier alpha value is -0.0800. The number of hydrogen-bond donors (Lipinski definition) is 0. The topological polar surface area (TPSA) is 12.5 Å². The second kappa shape index (κ2) is 3.58. The average molecular weight is 183 g/mol. The highest BCUT2D eigenvalue weighted by Crippen LogP contribution is 2.39. The Morgan fingerprint density at radius 3 is 2.46 bits per heavy atom. The van der Waals surface area contributed by atoms with Gasteiger partial charge in [0.1, 0.15) is 0 Å². The van der Waals surface area contributed by atoms with Crippen molar-refractivity contribution in [3.8, 4) is 0 Å². The molecule has 0 radical (unpaired) electrons. The van der Waals surface area contributed by atoms with Gasteiger partial charge in [0.25, 0.3) is 0 Å². The van der Waals surface area contributed by atoms with Crippen molar-refractivity contribution >= 4 is 0 Å². The van der Waals surface area contributed by atoms with Gasteiger partial charge in [-0.3, -0.25) is 0 Å². The molecule has 0 aromatic rings. The third-order valence-electron chi connectivity index (χ3n) is 3.80. The van der Waals surface area contributed by atoms with E-state index in [0.717, 1.165) is 6.61 Å². The number of ether oxygens (including phenoxy) is 1. The largest absolute Gasteiger partial charge is 0.378 e. The van der Waals surface area contributed by atoms with Crippen molar-refractivity contribution < 1.29 is 4.74 Å². The van der Waals surface area contributed by atoms with Gasteiger partial charge in [-0.1, -0.05) is 0 Å². The molecule has 1 spiro atoms. The standard InChI is InChI=1S/C11H21NO/c1-10-3-4-11(9-13-10)5-7-12(2)8-6-11/h10H,3-9H2,1-2H3. The van der Waals surface area contributed by atoms with Crippen molar-refractivity contribution in [3.05, 3.63) is 0 Å². The van der Waals surface area contributed by atoms with Crippen LogP contribution in [-0.2, 0) is 4.74 Å². The molecule has 0 bridgehead atoms. The molecule has 0 aliphatic carbocycles. The lowest BCUT2D eigenvalue weighted by Crippen LogP contribution is -2.44. The van der Waals surface area contributed by atoms with Crippen LogP contribution in [0.3, 0.4) is 0 Å². The van der Waals surface area contributed by atoms with E-state index < -0.39 is 0 Å². The summed E-state index contributed by atoms with van der Waals surface area (Å²) in [5.74, 6) is 0. The summed E-state index contributed by atoms with van der Waals surface area (Å²) in [5.41, 5.74) is 0.555. The van der Waals surface area contributed by atoms with Crippen LogP contribution in [-0.4, -0.2) is 37.7 Å². The lowest BCUT2D eigenvalue weighted by molar-refractivity contribution is -0.0767. The molecule has 2 nitrogen and oxygen atoms in total. The maximum atomic E-state index is 5.79. The summed E-state index contributed by atoms with van der Waals surface area (Å²) in [6.07, 6.45) is 5.85. The molecule has 2 saturated heterocycles. The molecule has 0 amide bonds. The molecule has 2 fully saturated rings. The molecule has 76 valence electrons. The Morgan fingerprint density at radius 1 is 1.23 bits per heavy atom. The Morgan fingerprint density at radius 2 is 1.92 bits per heavy atom. The first-order valence-electron chi connectivity index (χ1n) is 5.50. The van der Waals surface area contributed by atoms with E-state index in [1.807, 2.05) is 0 Å². The summed E-state index contributed by atoms with van der Waals surface area (Å²) in [5, 5.41) is 0. The molecule has 0 N–H and O–H groups in total. The number of likely N-dealkylation sites (tertiary alicyclic amines) is 1. The van der Waals surface area contributed by atoms with Gasteiger partial charge in [-0.05, 0) is 58.2 Å². The van der Waals surface area contributed by atoms with Crippen LogP contribution in [0.25, 0.3) is 0 Å². The van der Waals surface area contributed by atoms with E-state index in [0.29, 0.717) is 11.5 Å². The van der Waals surface area contributed by atoms with Crippen LogP contribution in [0.5, 0.6) is 0 Å². The van der Waals surface area contributed by atoms with Gasteiger partial charge >= 0.3 is 0 Å². The van der Waals surface area contributed by atoms with Gasteiger partial charge in [0.15, 0.2) is 0 Å². The SMILES string of the molecule is CC1CCC2(CCN(C)CC2)CO1. The molecular formula is C11H21NO. The van der Waals surface area contributed by atoms with Crippen LogP contribution in [0.4, 0.5) is 0 Å². The third-order valence-corrected chi connectivity index (χ3v) is 3.80. The first kappa shape index (κ1) is 9.47. The van der Waals surface area contributed by atoms with Crippen molar-refractivity contribution in [1.82, 2.24) is 4.90 Å². The highest BCUT2D eigenvalue weighted by atomic mass is 16.5. The van der Waals surface area contributed by atoms with Crippen LogP contribution < -0.4 is 0 Å². The maximum Gasteiger partial charge on any atom is 0.0547 e. The van der Waals surface area contributed by atoms with Crippen molar-refractivity contribution in [2.24, 2.45) is 5.41 Å². The van der Waals surface area contributed by atoms with Crippen LogP contribution in [0.15, 0.2) is 0 Å². The zero-order valence-electron chi connectivity index (χ0n) is 8.88. The molecule has 13 heavy (non-hydrogen) atoms. The monoisotopic (exact) mass is 183 g/mol. The van der Waals surface area contributed by atoms with E-state index in [2.05, 4.69) is 18.9 Å². The maximum absolute atomic E-state index is 5.79. The van der Waals surface area contributed by atoms with Crippen LogP contribution in [0.2, 0.25) is 0 Å². The average Bonchev–Trinajstić information content (AvgIpc) is 2.16. The van der Waals surface area contributed by atoms with Gasteiger partial charge in [-0.2, -0.15) is 0 Å². The molecule has 2 heteroatoms. The van der Waals surface area contributed by atoms with Crippen molar-refractivity contribution in [3.63, 3.8) is 0 Å². The van der Waals surface area contributed by atoms with E-state index in [-0.39, 0.29) is 0 Å². The molecule has 2 rings (SSSR count). The number of nitrogens with zero attached hydrogens (tertiary/aromatic N) is 1. The second-order valence-electron chi connectivity index (χ2n) is 4.96. The molecule has 0 aromatic heterocycles. The van der Waals surface area contributed by atoms with Gasteiger partial charge in [0.2, 0.25) is 0 Å². The Kier molecular flexibility index (Phi) is 2.61. The zero-order chi connectivity index (χ0) is 9.31. The number of hydrogen-bond acceptors (Lipinski definition) is 2. The smallest absolute Gasteiger partial charge is 0.0547 e. The summed E-state index contributed by atoms with van der Waals surface area (Å²) in [7, 11) is 2.22. The minimum Gasteiger partial charge on any atom is -0.378 e. The lowest BCUT2D eigenvalue weighted by atomic mass is 9.74. The molecule has 2 aliphatic rings. The van der Waals surface area contributed by atoms with Crippen molar-refractivity contribution in [2.45, 2.75) is 38.7 Å². The highest BCUT2D eigenvalue weighted by Gasteiger charge is 2.36. The zero-order valence-corrected chi connectivity index (χ0v) is 8.88. The number of piperidine rings is 1. The predicted molar refractivity (Wildman–Crippen MR) is 53.8 cm³/mol. The first-order valence-corrected chi connectivity index (χ1v) is 5.50. The molecule has 0 saturated carbocycles. The first-order chi connectivity index (χ1) is 6.20. The van der Waals surface area contributed by atoms with Gasteiger partial charge in [-0.25, -0.2) is 0 Å². The van der Waals surface area contributed by atoms with Crippen LogP contribution in [0, 0.1) is 5.41 Å². The Balaban J connectivity index is 1.90. The third kappa shape index (κ3) is 2.05. The molecule has 2 aliphatic heterocycles. The predicted octanol–water partition coefficient (Wildman–Crippen LogP) is 1.90. The van der Waals surface area contributed by atoms with E-state index in [1.165, 1.54) is 38.8 Å². The fourth-order valence-corrected chi connectivity index (χ4v) is 2.47. The molecular weight excluding hydrogens is 162 g/mol. The van der Waals surface area contributed by atoms with E-state index in [1.54, 1.807) is 0 Å². The van der Waals surface area contributed by atoms with Gasteiger partial charge in [0, 0.05) is 0 Å². The van der Waals surface area contributed by atoms with Gasteiger partial charge in [0.05, 0.1) is 12.7 Å². The fraction of sp³-hybridized carbons (Fsp3) is 1.00. The Bertz CT molecular complexity index is 141. The summed E-state index contributed by atoms with van der Waals surface area (Å²) >= 11 is 0. The second-order valence-corrected chi connectivity index (χ2v) is 4.96. The summed E-state index contributed by atoms with van der Waals surface area (Å²) in [6.45, 7) is 5.74. The minimum absolute atomic E-state index is 0.505. The fourth-order valence-electron chi connectivity index (χ4n) is 2.47. The summed E-state index contributed by atoms with van der Waals surface area (Å²) in [6, 6.07) is 0.